The summed E-state index contributed by atoms with van der Waals surface area (Å²) < 4.78 is 6.94. The van der Waals surface area contributed by atoms with E-state index in [4.69, 9.17) is 4.74 Å². The molecule has 1 aliphatic rings. The summed E-state index contributed by atoms with van der Waals surface area (Å²) in [7, 11) is 0. The maximum Gasteiger partial charge on any atom is 0.261 e. The third kappa shape index (κ3) is 7.56. The summed E-state index contributed by atoms with van der Waals surface area (Å²) in [5.74, 6) is 0.325. The zero-order chi connectivity index (χ0) is 25.3. The van der Waals surface area contributed by atoms with Crippen LogP contribution in [0.3, 0.4) is 0 Å². The molecule has 2 amide bonds. The molecule has 1 saturated carbocycles. The van der Waals surface area contributed by atoms with Crippen LogP contribution in [0.5, 0.6) is 5.75 Å². The summed E-state index contributed by atoms with van der Waals surface area (Å²) in [6, 6.07) is 25.1. The topological polar surface area (TPSA) is 58.6 Å². The summed E-state index contributed by atoms with van der Waals surface area (Å²) in [5.41, 5.74) is 3.15. The molecule has 36 heavy (non-hydrogen) atoms. The Morgan fingerprint density at radius 1 is 0.944 bits per heavy atom. The summed E-state index contributed by atoms with van der Waals surface area (Å²) >= 11 is 2.23. The zero-order valence-electron chi connectivity index (χ0n) is 20.7. The van der Waals surface area contributed by atoms with Crippen molar-refractivity contribution in [1.82, 2.24) is 10.2 Å². The van der Waals surface area contributed by atoms with Crippen molar-refractivity contribution in [3.8, 4) is 5.75 Å². The second kappa shape index (κ2) is 12.9. The normalized spacial score (nSPS) is 14.3. The van der Waals surface area contributed by atoms with Crippen molar-refractivity contribution in [3.63, 3.8) is 0 Å². The van der Waals surface area contributed by atoms with Gasteiger partial charge in [-0.2, -0.15) is 0 Å². The van der Waals surface area contributed by atoms with E-state index in [1.165, 1.54) is 0 Å². The minimum atomic E-state index is -0.637. The van der Waals surface area contributed by atoms with Gasteiger partial charge in [-0.05, 0) is 77.7 Å². The van der Waals surface area contributed by atoms with Crippen LogP contribution in [0.1, 0.15) is 42.4 Å². The van der Waals surface area contributed by atoms with Gasteiger partial charge in [-0.25, -0.2) is 0 Å². The minimum Gasteiger partial charge on any atom is -0.484 e. The van der Waals surface area contributed by atoms with Gasteiger partial charge in [-0.15, -0.1) is 0 Å². The van der Waals surface area contributed by atoms with Crippen LogP contribution in [-0.2, 0) is 22.6 Å². The molecule has 0 radical (unpaired) electrons. The number of hydrogen-bond acceptors (Lipinski definition) is 3. The minimum absolute atomic E-state index is 0.0968. The summed E-state index contributed by atoms with van der Waals surface area (Å²) in [4.78, 5) is 29.0. The first kappa shape index (κ1) is 26.2. The van der Waals surface area contributed by atoms with Crippen LogP contribution in [0.25, 0.3) is 0 Å². The first-order valence-corrected chi connectivity index (χ1v) is 13.6. The van der Waals surface area contributed by atoms with Gasteiger partial charge in [0.2, 0.25) is 5.91 Å². The average molecular weight is 597 g/mol. The van der Waals surface area contributed by atoms with Crippen LogP contribution in [0.4, 0.5) is 0 Å². The van der Waals surface area contributed by atoms with Gasteiger partial charge >= 0.3 is 0 Å². The highest BCUT2D eigenvalue weighted by Crippen LogP contribution is 2.21. The van der Waals surface area contributed by atoms with E-state index in [2.05, 4.69) is 27.9 Å². The molecule has 1 atom stereocenters. The molecule has 0 unspecified atom stereocenters. The first-order valence-electron chi connectivity index (χ1n) is 12.6. The number of benzene rings is 3. The van der Waals surface area contributed by atoms with Gasteiger partial charge in [0, 0.05) is 22.6 Å². The number of ether oxygens (including phenoxy) is 1. The second-order valence-electron chi connectivity index (χ2n) is 9.45. The van der Waals surface area contributed by atoms with Crippen molar-refractivity contribution < 1.29 is 14.3 Å². The van der Waals surface area contributed by atoms with Crippen LogP contribution in [0, 0.1) is 10.5 Å². The third-order valence-corrected chi connectivity index (χ3v) is 7.34. The summed E-state index contributed by atoms with van der Waals surface area (Å²) in [5, 5.41) is 3.23. The van der Waals surface area contributed by atoms with Gasteiger partial charge in [0.15, 0.2) is 6.61 Å². The van der Waals surface area contributed by atoms with E-state index in [1.54, 1.807) is 4.90 Å². The van der Waals surface area contributed by atoms with Crippen LogP contribution in [0.15, 0.2) is 78.9 Å². The number of nitrogens with zero attached hydrogens (tertiary/aromatic N) is 1. The van der Waals surface area contributed by atoms with E-state index in [9.17, 15) is 9.59 Å². The number of carbonyl (C=O) groups is 2. The molecule has 188 valence electrons. The molecule has 0 heterocycles. The van der Waals surface area contributed by atoms with Crippen molar-refractivity contribution in [2.75, 3.05) is 6.61 Å². The van der Waals surface area contributed by atoms with E-state index in [0.29, 0.717) is 18.7 Å². The lowest BCUT2D eigenvalue weighted by atomic mass is 10.0. The van der Waals surface area contributed by atoms with Gasteiger partial charge in [-0.3, -0.25) is 9.59 Å². The maximum absolute atomic E-state index is 13.7. The van der Waals surface area contributed by atoms with Crippen LogP contribution in [0.2, 0.25) is 0 Å². The zero-order valence-corrected chi connectivity index (χ0v) is 22.8. The second-order valence-corrected chi connectivity index (χ2v) is 10.7. The van der Waals surface area contributed by atoms with Crippen LogP contribution < -0.4 is 10.1 Å². The highest BCUT2D eigenvalue weighted by Gasteiger charge is 2.32. The van der Waals surface area contributed by atoms with Crippen molar-refractivity contribution in [2.45, 2.75) is 57.7 Å². The quantitative estimate of drug-likeness (QED) is 0.307. The standard InChI is InChI=1S/C30H33IN2O3/c1-22-11-13-24(14-12-22)20-33(29(34)21-36-27-17-15-25(31)16-18-27)28(19-23-7-3-2-4-8-23)30(35)32-26-9-5-6-10-26/h2-4,7-8,11-18,26,28H,5-6,9-10,19-21H2,1H3,(H,32,35)/t28-/m0/s1. The van der Waals surface area contributed by atoms with Crippen LogP contribution >= 0.6 is 22.6 Å². The molecule has 1 aliphatic carbocycles. The molecule has 0 spiro atoms. The lowest BCUT2D eigenvalue weighted by Gasteiger charge is -2.32. The van der Waals surface area contributed by atoms with E-state index >= 15 is 0 Å². The van der Waals surface area contributed by atoms with E-state index in [-0.39, 0.29) is 24.5 Å². The molecule has 1 fully saturated rings. The predicted molar refractivity (Wildman–Crippen MR) is 151 cm³/mol. The molecule has 6 heteroatoms. The molecule has 0 aromatic heterocycles. The van der Waals surface area contributed by atoms with E-state index in [0.717, 1.165) is 45.9 Å². The molecule has 0 bridgehead atoms. The smallest absolute Gasteiger partial charge is 0.261 e. The van der Waals surface area contributed by atoms with Crippen molar-refractivity contribution in [3.05, 3.63) is 99.1 Å². The fourth-order valence-corrected chi connectivity index (χ4v) is 4.93. The SMILES string of the molecule is Cc1ccc(CN(C(=O)COc2ccc(I)cc2)[C@@H](Cc2ccccc2)C(=O)NC2CCCC2)cc1. The Bertz CT molecular complexity index is 1130. The van der Waals surface area contributed by atoms with Crippen molar-refractivity contribution >= 4 is 34.4 Å². The van der Waals surface area contributed by atoms with Gasteiger partial charge in [-0.1, -0.05) is 73.0 Å². The Morgan fingerprint density at radius 3 is 2.28 bits per heavy atom. The molecular formula is C30H33IN2O3. The highest BCUT2D eigenvalue weighted by atomic mass is 127. The largest absolute Gasteiger partial charge is 0.484 e. The molecule has 3 aromatic carbocycles. The maximum atomic E-state index is 13.7. The Morgan fingerprint density at radius 2 is 1.61 bits per heavy atom. The Labute approximate surface area is 227 Å². The molecule has 0 aliphatic heterocycles. The predicted octanol–water partition coefficient (Wildman–Crippen LogP) is 5.68. The lowest BCUT2D eigenvalue weighted by molar-refractivity contribution is -0.143. The highest BCUT2D eigenvalue weighted by molar-refractivity contribution is 14.1. The molecular weight excluding hydrogens is 563 g/mol. The number of halogens is 1. The summed E-state index contributed by atoms with van der Waals surface area (Å²) in [6.45, 7) is 2.24. The lowest BCUT2D eigenvalue weighted by Crippen LogP contribution is -2.53. The van der Waals surface area contributed by atoms with Gasteiger partial charge < -0.3 is 15.0 Å². The van der Waals surface area contributed by atoms with Crippen molar-refractivity contribution in [2.24, 2.45) is 0 Å². The molecule has 0 saturated heterocycles. The van der Waals surface area contributed by atoms with Crippen molar-refractivity contribution in [1.29, 1.82) is 0 Å². The van der Waals surface area contributed by atoms with Gasteiger partial charge in [0.05, 0.1) is 0 Å². The van der Waals surface area contributed by atoms with Gasteiger partial charge in [0.1, 0.15) is 11.8 Å². The van der Waals surface area contributed by atoms with E-state index in [1.807, 2.05) is 85.8 Å². The Balaban J connectivity index is 1.59. The Kier molecular flexibility index (Phi) is 9.39. The number of carbonyl (C=O) groups excluding carboxylic acids is 2. The number of aryl methyl sites for hydroxylation is 1. The molecule has 5 nitrogen and oxygen atoms in total. The number of rotatable bonds is 10. The molecule has 1 N–H and O–H groups in total. The number of amides is 2. The third-order valence-electron chi connectivity index (χ3n) is 6.62. The van der Waals surface area contributed by atoms with E-state index < -0.39 is 6.04 Å². The number of hydrogen-bond donors (Lipinski definition) is 1. The fourth-order valence-electron chi connectivity index (χ4n) is 4.57. The average Bonchev–Trinajstić information content (AvgIpc) is 3.40. The number of nitrogens with one attached hydrogen (secondary N) is 1. The molecule has 4 rings (SSSR count). The molecule has 3 aromatic rings. The monoisotopic (exact) mass is 596 g/mol. The summed E-state index contributed by atoms with van der Waals surface area (Å²) in [6.07, 6.45) is 4.69. The van der Waals surface area contributed by atoms with Gasteiger partial charge in [0.25, 0.3) is 5.91 Å². The first-order chi connectivity index (χ1) is 17.5. The van der Waals surface area contributed by atoms with Crippen LogP contribution in [-0.4, -0.2) is 35.4 Å². The Hall–Kier alpha value is -2.87. The fraction of sp³-hybridized carbons (Fsp3) is 0.333.